The number of aromatic amines is 1. The Bertz CT molecular complexity index is 491. The zero-order valence-electron chi connectivity index (χ0n) is 9.09. The van der Waals surface area contributed by atoms with Gasteiger partial charge in [-0.25, -0.2) is 0 Å². The second kappa shape index (κ2) is 4.00. The molecular weight excluding hydrogens is 208 g/mol. The lowest BCUT2D eigenvalue weighted by atomic mass is 9.94. The van der Waals surface area contributed by atoms with E-state index in [9.17, 15) is 14.7 Å². The van der Waals surface area contributed by atoms with Gasteiger partial charge in [0.05, 0.1) is 0 Å². The maximum Gasteiger partial charge on any atom is 0.264 e. The monoisotopic (exact) mass is 222 g/mol. The van der Waals surface area contributed by atoms with E-state index in [4.69, 9.17) is 0 Å². The highest BCUT2D eigenvalue weighted by molar-refractivity contribution is 5.96. The zero-order valence-corrected chi connectivity index (χ0v) is 9.09. The molecule has 0 saturated heterocycles. The van der Waals surface area contributed by atoms with E-state index in [1.54, 1.807) is 0 Å². The van der Waals surface area contributed by atoms with Crippen LogP contribution in [0.25, 0.3) is 0 Å². The van der Waals surface area contributed by atoms with Crippen LogP contribution < -0.4 is 10.9 Å². The van der Waals surface area contributed by atoms with Crippen molar-refractivity contribution >= 4 is 5.91 Å². The maximum absolute atomic E-state index is 11.6. The topological polar surface area (TPSA) is 82.2 Å². The van der Waals surface area contributed by atoms with E-state index >= 15 is 0 Å². The normalized spacial score (nSPS) is 14.3. The summed E-state index contributed by atoms with van der Waals surface area (Å²) in [5.41, 5.74) is 0.784. The van der Waals surface area contributed by atoms with Crippen molar-refractivity contribution in [3.63, 3.8) is 0 Å². The van der Waals surface area contributed by atoms with Gasteiger partial charge in [-0.2, -0.15) is 0 Å². The molecule has 0 aliphatic heterocycles. The average Bonchev–Trinajstić information content (AvgIpc) is 2.28. The van der Waals surface area contributed by atoms with Crippen LogP contribution in [0.1, 0.15) is 34.5 Å². The van der Waals surface area contributed by atoms with Gasteiger partial charge in [0.2, 0.25) is 0 Å². The number of aryl methyl sites for hydroxylation is 1. The minimum Gasteiger partial charge on any atom is -0.507 e. The molecule has 5 nitrogen and oxygen atoms in total. The van der Waals surface area contributed by atoms with Crippen LogP contribution in [0.15, 0.2) is 4.79 Å². The maximum atomic E-state index is 11.6. The van der Waals surface area contributed by atoms with E-state index < -0.39 is 11.5 Å². The number of aromatic hydroxyl groups is 1. The summed E-state index contributed by atoms with van der Waals surface area (Å²) in [5, 5.41) is 12.3. The fourth-order valence-corrected chi connectivity index (χ4v) is 2.10. The highest BCUT2D eigenvalue weighted by Gasteiger charge is 2.22. The molecule has 5 heteroatoms. The SMILES string of the molecule is CNC(=O)c1c(O)c2c([nH]c1=O)CCCC2. The van der Waals surface area contributed by atoms with Crippen molar-refractivity contribution < 1.29 is 9.90 Å². The number of carbonyl (C=O) groups is 1. The molecule has 0 spiro atoms. The molecule has 1 aliphatic carbocycles. The third-order valence-corrected chi connectivity index (χ3v) is 2.94. The summed E-state index contributed by atoms with van der Waals surface area (Å²) in [6.07, 6.45) is 3.44. The Morgan fingerprint density at radius 2 is 2.06 bits per heavy atom. The molecule has 1 amide bonds. The molecule has 86 valence electrons. The highest BCUT2D eigenvalue weighted by atomic mass is 16.3. The fourth-order valence-electron chi connectivity index (χ4n) is 2.10. The number of nitrogens with one attached hydrogen (secondary N) is 2. The Balaban J connectivity index is 2.63. The molecule has 0 radical (unpaired) electrons. The number of rotatable bonds is 1. The highest BCUT2D eigenvalue weighted by Crippen LogP contribution is 2.28. The molecule has 0 atom stereocenters. The van der Waals surface area contributed by atoms with Crippen LogP contribution in [0.4, 0.5) is 0 Å². The molecule has 0 fully saturated rings. The van der Waals surface area contributed by atoms with Crippen LogP contribution >= 0.6 is 0 Å². The molecule has 0 saturated carbocycles. The van der Waals surface area contributed by atoms with Gasteiger partial charge in [-0.3, -0.25) is 9.59 Å². The second-order valence-corrected chi connectivity index (χ2v) is 3.92. The minimum atomic E-state index is -0.549. The van der Waals surface area contributed by atoms with Crippen molar-refractivity contribution in [2.24, 2.45) is 0 Å². The first-order valence-corrected chi connectivity index (χ1v) is 5.34. The van der Waals surface area contributed by atoms with Gasteiger partial charge in [-0.05, 0) is 25.7 Å². The third-order valence-electron chi connectivity index (χ3n) is 2.94. The Kier molecular flexibility index (Phi) is 2.68. The lowest BCUT2D eigenvalue weighted by Gasteiger charge is -2.17. The Labute approximate surface area is 92.5 Å². The molecule has 0 aromatic carbocycles. The summed E-state index contributed by atoms with van der Waals surface area (Å²) in [6.45, 7) is 0. The molecule has 0 bridgehead atoms. The largest absolute Gasteiger partial charge is 0.507 e. The molecule has 1 aromatic heterocycles. The first kappa shape index (κ1) is 10.7. The minimum absolute atomic E-state index is 0.155. The van der Waals surface area contributed by atoms with Crippen molar-refractivity contribution in [2.45, 2.75) is 25.7 Å². The van der Waals surface area contributed by atoms with Crippen molar-refractivity contribution in [1.29, 1.82) is 0 Å². The Morgan fingerprint density at radius 1 is 1.38 bits per heavy atom. The van der Waals surface area contributed by atoms with Crippen molar-refractivity contribution in [3.05, 3.63) is 27.2 Å². The molecule has 1 heterocycles. The van der Waals surface area contributed by atoms with Gasteiger partial charge >= 0.3 is 0 Å². The lowest BCUT2D eigenvalue weighted by molar-refractivity contribution is 0.0958. The van der Waals surface area contributed by atoms with Crippen LogP contribution in [0.2, 0.25) is 0 Å². The van der Waals surface area contributed by atoms with Gasteiger partial charge in [0.15, 0.2) is 0 Å². The summed E-state index contributed by atoms with van der Waals surface area (Å²) in [6, 6.07) is 0. The quantitative estimate of drug-likeness (QED) is 0.640. The van der Waals surface area contributed by atoms with Crippen LogP contribution in [0, 0.1) is 0 Å². The van der Waals surface area contributed by atoms with Crippen LogP contribution in [-0.2, 0) is 12.8 Å². The number of fused-ring (bicyclic) bond motifs is 1. The molecule has 2 rings (SSSR count). The zero-order chi connectivity index (χ0) is 11.7. The summed E-state index contributed by atoms with van der Waals surface area (Å²) < 4.78 is 0. The number of pyridine rings is 1. The van der Waals surface area contributed by atoms with Gasteiger partial charge in [0.1, 0.15) is 11.3 Å². The number of hydrogen-bond donors (Lipinski definition) is 3. The number of aromatic nitrogens is 1. The summed E-state index contributed by atoms with van der Waals surface area (Å²) in [4.78, 5) is 25.8. The summed E-state index contributed by atoms with van der Waals surface area (Å²) in [5.74, 6) is -0.704. The van der Waals surface area contributed by atoms with Crippen molar-refractivity contribution in [2.75, 3.05) is 7.05 Å². The van der Waals surface area contributed by atoms with Crippen LogP contribution in [0.3, 0.4) is 0 Å². The molecular formula is C11H14N2O3. The van der Waals surface area contributed by atoms with Crippen LogP contribution in [0.5, 0.6) is 5.75 Å². The van der Waals surface area contributed by atoms with Gasteiger partial charge < -0.3 is 15.4 Å². The number of amides is 1. The van der Waals surface area contributed by atoms with E-state index in [1.165, 1.54) is 7.05 Å². The van der Waals surface area contributed by atoms with Gasteiger partial charge in [-0.15, -0.1) is 0 Å². The van der Waals surface area contributed by atoms with Gasteiger partial charge in [0, 0.05) is 18.3 Å². The predicted octanol–water partition coefficient (Wildman–Crippen LogP) is 0.319. The molecule has 1 aromatic rings. The smallest absolute Gasteiger partial charge is 0.264 e. The summed E-state index contributed by atoms with van der Waals surface area (Å²) in [7, 11) is 1.43. The molecule has 16 heavy (non-hydrogen) atoms. The first-order chi connectivity index (χ1) is 7.65. The predicted molar refractivity (Wildman–Crippen MR) is 58.8 cm³/mol. The molecule has 1 aliphatic rings. The fraction of sp³-hybridized carbons (Fsp3) is 0.455. The van der Waals surface area contributed by atoms with Gasteiger partial charge in [0.25, 0.3) is 11.5 Å². The van der Waals surface area contributed by atoms with Crippen LogP contribution in [-0.4, -0.2) is 23.0 Å². The van der Waals surface area contributed by atoms with E-state index in [-0.39, 0.29) is 11.3 Å². The number of carbonyl (C=O) groups excluding carboxylic acids is 1. The van der Waals surface area contributed by atoms with E-state index in [0.29, 0.717) is 12.0 Å². The first-order valence-electron chi connectivity index (χ1n) is 5.34. The second-order valence-electron chi connectivity index (χ2n) is 3.92. The lowest BCUT2D eigenvalue weighted by Crippen LogP contribution is -2.29. The standard InChI is InChI=1S/C11H14N2O3/c1-12-10(15)8-9(14)6-4-2-3-5-7(6)13-11(8)16/h2-5H2,1H3,(H,12,15)(H2,13,14,16). The number of H-pyrrole nitrogens is 1. The molecule has 3 N–H and O–H groups in total. The summed E-state index contributed by atoms with van der Waals surface area (Å²) >= 11 is 0. The van der Waals surface area contributed by atoms with E-state index in [1.807, 2.05) is 0 Å². The molecule has 0 unspecified atom stereocenters. The Hall–Kier alpha value is -1.78. The van der Waals surface area contributed by atoms with E-state index in [0.717, 1.165) is 25.0 Å². The average molecular weight is 222 g/mol. The number of hydrogen-bond acceptors (Lipinski definition) is 3. The van der Waals surface area contributed by atoms with E-state index in [2.05, 4.69) is 10.3 Å². The van der Waals surface area contributed by atoms with Gasteiger partial charge in [-0.1, -0.05) is 0 Å². The van der Waals surface area contributed by atoms with Crippen molar-refractivity contribution in [1.82, 2.24) is 10.3 Å². The Morgan fingerprint density at radius 3 is 2.75 bits per heavy atom. The van der Waals surface area contributed by atoms with Crippen molar-refractivity contribution in [3.8, 4) is 5.75 Å². The third kappa shape index (κ3) is 1.58.